The van der Waals surface area contributed by atoms with Crippen molar-refractivity contribution in [3.05, 3.63) is 51.2 Å². The molecule has 22 heavy (non-hydrogen) atoms. The monoisotopic (exact) mass is 321 g/mol. The standard InChI is InChI=1S/C16H20FN3OS/c1-9(13-6-5-7-14(17)8-13)19-16(21)20-11(3)15-10(2)18-12(4)22-15/h5-9,11H,1-4H3,(H2,19,20,21)/t9-,11-/m1/s1. The summed E-state index contributed by atoms with van der Waals surface area (Å²) in [4.78, 5) is 17.5. The summed E-state index contributed by atoms with van der Waals surface area (Å²) in [5.74, 6) is -0.310. The van der Waals surface area contributed by atoms with Gasteiger partial charge in [-0.1, -0.05) is 12.1 Å². The van der Waals surface area contributed by atoms with Gasteiger partial charge in [0.2, 0.25) is 0 Å². The van der Waals surface area contributed by atoms with Gasteiger partial charge in [-0.05, 0) is 45.4 Å². The summed E-state index contributed by atoms with van der Waals surface area (Å²) in [7, 11) is 0. The third kappa shape index (κ3) is 4.04. The van der Waals surface area contributed by atoms with Crippen LogP contribution < -0.4 is 10.6 Å². The summed E-state index contributed by atoms with van der Waals surface area (Å²) in [6.07, 6.45) is 0. The number of urea groups is 1. The van der Waals surface area contributed by atoms with Crippen LogP contribution in [0.15, 0.2) is 24.3 Å². The normalized spacial score (nSPS) is 13.5. The maximum absolute atomic E-state index is 13.2. The van der Waals surface area contributed by atoms with E-state index in [1.807, 2.05) is 27.7 Å². The van der Waals surface area contributed by atoms with Crippen molar-refractivity contribution < 1.29 is 9.18 Å². The summed E-state index contributed by atoms with van der Waals surface area (Å²) in [6, 6.07) is 5.55. The first-order chi connectivity index (χ1) is 10.4. The molecule has 0 unspecified atom stereocenters. The van der Waals surface area contributed by atoms with Crippen molar-refractivity contribution in [3.8, 4) is 0 Å². The first-order valence-electron chi connectivity index (χ1n) is 7.13. The number of carbonyl (C=O) groups is 1. The van der Waals surface area contributed by atoms with E-state index in [1.165, 1.54) is 12.1 Å². The van der Waals surface area contributed by atoms with Gasteiger partial charge in [0.15, 0.2) is 0 Å². The third-order valence-electron chi connectivity index (χ3n) is 3.38. The number of nitrogens with zero attached hydrogens (tertiary/aromatic N) is 1. The molecule has 2 amide bonds. The van der Waals surface area contributed by atoms with Crippen LogP contribution in [-0.4, -0.2) is 11.0 Å². The fraction of sp³-hybridized carbons (Fsp3) is 0.375. The molecule has 6 heteroatoms. The molecule has 0 spiro atoms. The largest absolute Gasteiger partial charge is 0.332 e. The first-order valence-corrected chi connectivity index (χ1v) is 7.95. The van der Waals surface area contributed by atoms with E-state index in [1.54, 1.807) is 23.5 Å². The van der Waals surface area contributed by atoms with Crippen molar-refractivity contribution >= 4 is 17.4 Å². The van der Waals surface area contributed by atoms with Gasteiger partial charge >= 0.3 is 6.03 Å². The van der Waals surface area contributed by atoms with Gasteiger partial charge in [0.1, 0.15) is 5.82 Å². The fourth-order valence-electron chi connectivity index (χ4n) is 2.31. The molecule has 2 atom stereocenters. The summed E-state index contributed by atoms with van der Waals surface area (Å²) >= 11 is 1.58. The number of aryl methyl sites for hydroxylation is 2. The van der Waals surface area contributed by atoms with Crippen molar-refractivity contribution in [3.63, 3.8) is 0 Å². The Morgan fingerprint density at radius 2 is 1.91 bits per heavy atom. The highest BCUT2D eigenvalue weighted by atomic mass is 32.1. The summed E-state index contributed by atoms with van der Waals surface area (Å²) < 4.78 is 13.2. The van der Waals surface area contributed by atoms with Crippen molar-refractivity contribution in [1.29, 1.82) is 0 Å². The number of carbonyl (C=O) groups excluding carboxylic acids is 1. The molecule has 1 aromatic carbocycles. The Morgan fingerprint density at radius 1 is 1.23 bits per heavy atom. The summed E-state index contributed by atoms with van der Waals surface area (Å²) in [5, 5.41) is 6.69. The van der Waals surface area contributed by atoms with E-state index in [9.17, 15) is 9.18 Å². The second-order valence-corrected chi connectivity index (χ2v) is 6.53. The van der Waals surface area contributed by atoms with Crippen molar-refractivity contribution in [2.24, 2.45) is 0 Å². The van der Waals surface area contributed by atoms with Gasteiger partial charge in [0.25, 0.3) is 0 Å². The molecule has 1 aromatic heterocycles. The van der Waals surface area contributed by atoms with Crippen LogP contribution in [0.4, 0.5) is 9.18 Å². The van der Waals surface area contributed by atoms with E-state index in [4.69, 9.17) is 0 Å². The minimum atomic E-state index is -0.310. The second-order valence-electron chi connectivity index (χ2n) is 5.30. The molecular weight excluding hydrogens is 301 g/mol. The van der Waals surface area contributed by atoms with E-state index < -0.39 is 0 Å². The lowest BCUT2D eigenvalue weighted by molar-refractivity contribution is 0.235. The Labute approximate surface area is 133 Å². The van der Waals surface area contributed by atoms with Gasteiger partial charge in [-0.25, -0.2) is 14.2 Å². The molecule has 2 N–H and O–H groups in total. The zero-order valence-electron chi connectivity index (χ0n) is 13.1. The molecular formula is C16H20FN3OS. The van der Waals surface area contributed by atoms with Gasteiger partial charge in [-0.3, -0.25) is 0 Å². The minimum Gasteiger partial charge on any atom is -0.332 e. The van der Waals surface area contributed by atoms with Crippen LogP contribution in [-0.2, 0) is 0 Å². The van der Waals surface area contributed by atoms with Crippen molar-refractivity contribution in [1.82, 2.24) is 15.6 Å². The lowest BCUT2D eigenvalue weighted by Crippen LogP contribution is -2.38. The Kier molecular flexibility index (Phi) is 5.13. The molecule has 1 heterocycles. The van der Waals surface area contributed by atoms with Gasteiger partial charge in [-0.2, -0.15) is 0 Å². The van der Waals surface area contributed by atoms with E-state index in [0.717, 1.165) is 21.1 Å². The van der Waals surface area contributed by atoms with E-state index >= 15 is 0 Å². The molecule has 0 fully saturated rings. The average Bonchev–Trinajstić information content (AvgIpc) is 2.77. The van der Waals surface area contributed by atoms with Crippen LogP contribution in [0.25, 0.3) is 0 Å². The molecule has 0 radical (unpaired) electrons. The predicted molar refractivity (Wildman–Crippen MR) is 86.5 cm³/mol. The molecule has 2 rings (SSSR count). The highest BCUT2D eigenvalue weighted by Crippen LogP contribution is 2.24. The maximum atomic E-state index is 13.2. The van der Waals surface area contributed by atoms with E-state index in [2.05, 4.69) is 15.6 Å². The van der Waals surface area contributed by atoms with Gasteiger partial charge in [0, 0.05) is 4.88 Å². The SMILES string of the molecule is Cc1nc(C)c([C@@H](C)NC(=O)N[C@H](C)c2cccc(F)c2)s1. The highest BCUT2D eigenvalue weighted by Gasteiger charge is 2.17. The van der Waals surface area contributed by atoms with E-state index in [-0.39, 0.29) is 23.9 Å². The van der Waals surface area contributed by atoms with Crippen LogP contribution in [0, 0.1) is 19.7 Å². The maximum Gasteiger partial charge on any atom is 0.315 e. The predicted octanol–water partition coefficient (Wildman–Crippen LogP) is 4.02. The number of rotatable bonds is 4. The number of thiazole rings is 1. The Balaban J connectivity index is 1.96. The fourth-order valence-corrected chi connectivity index (χ4v) is 3.24. The quantitative estimate of drug-likeness (QED) is 0.893. The van der Waals surface area contributed by atoms with Gasteiger partial charge < -0.3 is 10.6 Å². The lowest BCUT2D eigenvalue weighted by Gasteiger charge is -2.18. The van der Waals surface area contributed by atoms with Gasteiger partial charge in [0.05, 0.1) is 22.8 Å². The highest BCUT2D eigenvalue weighted by molar-refractivity contribution is 7.11. The number of aromatic nitrogens is 1. The Hall–Kier alpha value is -1.95. The van der Waals surface area contributed by atoms with Crippen LogP contribution in [0.5, 0.6) is 0 Å². The molecule has 0 aliphatic rings. The molecule has 4 nitrogen and oxygen atoms in total. The van der Waals surface area contributed by atoms with Crippen LogP contribution in [0.1, 0.15) is 47.1 Å². The number of benzene rings is 1. The number of halogens is 1. The molecule has 0 saturated carbocycles. The molecule has 0 aliphatic heterocycles. The van der Waals surface area contributed by atoms with Crippen LogP contribution >= 0.6 is 11.3 Å². The number of hydrogen-bond donors (Lipinski definition) is 2. The van der Waals surface area contributed by atoms with Crippen molar-refractivity contribution in [2.75, 3.05) is 0 Å². The minimum absolute atomic E-state index is 0.120. The first kappa shape index (κ1) is 16.4. The zero-order chi connectivity index (χ0) is 16.3. The number of nitrogens with one attached hydrogen (secondary N) is 2. The summed E-state index contributed by atoms with van der Waals surface area (Å²) in [5.41, 5.74) is 1.67. The third-order valence-corrected chi connectivity index (χ3v) is 4.63. The van der Waals surface area contributed by atoms with E-state index in [0.29, 0.717) is 0 Å². The Morgan fingerprint density at radius 3 is 2.50 bits per heavy atom. The molecule has 0 aliphatic carbocycles. The average molecular weight is 321 g/mol. The summed E-state index contributed by atoms with van der Waals surface area (Å²) in [6.45, 7) is 7.62. The molecule has 0 saturated heterocycles. The number of amides is 2. The van der Waals surface area contributed by atoms with Crippen LogP contribution in [0.3, 0.4) is 0 Å². The second kappa shape index (κ2) is 6.87. The molecule has 0 bridgehead atoms. The lowest BCUT2D eigenvalue weighted by atomic mass is 10.1. The molecule has 2 aromatic rings. The van der Waals surface area contributed by atoms with Crippen LogP contribution in [0.2, 0.25) is 0 Å². The van der Waals surface area contributed by atoms with Gasteiger partial charge in [-0.15, -0.1) is 11.3 Å². The smallest absolute Gasteiger partial charge is 0.315 e. The zero-order valence-corrected chi connectivity index (χ0v) is 13.9. The topological polar surface area (TPSA) is 54.0 Å². The number of hydrogen-bond acceptors (Lipinski definition) is 3. The molecule has 118 valence electrons. The Bertz CT molecular complexity index is 671. The van der Waals surface area contributed by atoms with Crippen molar-refractivity contribution in [2.45, 2.75) is 39.8 Å².